The summed E-state index contributed by atoms with van der Waals surface area (Å²) in [7, 11) is 2.21. The maximum Gasteiger partial charge on any atom is 0.297 e. The lowest BCUT2D eigenvalue weighted by molar-refractivity contribution is -0.633. The summed E-state index contributed by atoms with van der Waals surface area (Å²) in [6, 6.07) is 29.0. The number of benzene rings is 4. The Kier molecular flexibility index (Phi) is 7.09. The number of hydrogen-bond acceptors (Lipinski definition) is 2. The Morgan fingerprint density at radius 3 is 2.02 bits per heavy atom. The van der Waals surface area contributed by atoms with E-state index in [0.717, 1.165) is 5.52 Å². The number of hydrogen-bond donors (Lipinski definition) is 0. The number of aromatic nitrogens is 3. The lowest BCUT2D eigenvalue weighted by atomic mass is 9.88. The maximum atomic E-state index is 5.33. The third kappa shape index (κ3) is 4.66. The molecule has 0 N–H and O–H groups in total. The van der Waals surface area contributed by atoms with E-state index in [9.17, 15) is 0 Å². The number of imidazole rings is 1. The van der Waals surface area contributed by atoms with Crippen LogP contribution in [0.5, 0.6) is 0 Å². The molecular formula is C38H42N3S+. The Hall–Kier alpha value is -3.76. The molecule has 4 heteroatoms. The van der Waals surface area contributed by atoms with Crippen LogP contribution in [0.1, 0.15) is 82.0 Å². The first-order valence-corrected chi connectivity index (χ1v) is 15.9. The summed E-state index contributed by atoms with van der Waals surface area (Å²) < 4.78 is 6.17. The molecule has 0 amide bonds. The number of thiazole rings is 1. The van der Waals surface area contributed by atoms with E-state index in [4.69, 9.17) is 4.98 Å². The van der Waals surface area contributed by atoms with Gasteiger partial charge < -0.3 is 0 Å². The fourth-order valence-corrected chi connectivity index (χ4v) is 7.17. The summed E-state index contributed by atoms with van der Waals surface area (Å²) in [4.78, 5) is 5.33. The monoisotopic (exact) mass is 572 g/mol. The van der Waals surface area contributed by atoms with Crippen molar-refractivity contribution >= 4 is 32.6 Å². The zero-order valence-electron chi connectivity index (χ0n) is 26.4. The van der Waals surface area contributed by atoms with E-state index < -0.39 is 0 Å². The smallest absolute Gasteiger partial charge is 0.240 e. The average molecular weight is 573 g/mol. The molecule has 0 spiro atoms. The lowest BCUT2D eigenvalue weighted by Crippen LogP contribution is -2.30. The van der Waals surface area contributed by atoms with Crippen LogP contribution >= 0.6 is 11.3 Å². The number of fused-ring (bicyclic) bond motifs is 2. The molecule has 0 fully saturated rings. The van der Waals surface area contributed by atoms with Gasteiger partial charge in [-0.1, -0.05) is 97.0 Å². The van der Waals surface area contributed by atoms with Gasteiger partial charge in [-0.2, -0.15) is 4.57 Å². The molecule has 0 aliphatic carbocycles. The van der Waals surface area contributed by atoms with Gasteiger partial charge in [-0.3, -0.25) is 0 Å². The Labute approximate surface area is 254 Å². The first kappa shape index (κ1) is 28.4. The van der Waals surface area contributed by atoms with Crippen LogP contribution < -0.4 is 4.57 Å². The Bertz CT molecular complexity index is 1900. The maximum absolute atomic E-state index is 5.33. The van der Waals surface area contributed by atoms with Crippen LogP contribution in [0.3, 0.4) is 0 Å². The van der Waals surface area contributed by atoms with Gasteiger partial charge in [0.25, 0.3) is 5.82 Å². The van der Waals surface area contributed by atoms with Crippen molar-refractivity contribution in [3.05, 3.63) is 101 Å². The molecule has 0 radical (unpaired) electrons. The van der Waals surface area contributed by atoms with Gasteiger partial charge in [0.1, 0.15) is 5.69 Å². The van der Waals surface area contributed by atoms with Gasteiger partial charge >= 0.3 is 0 Å². The predicted molar refractivity (Wildman–Crippen MR) is 180 cm³/mol. The summed E-state index contributed by atoms with van der Waals surface area (Å²) in [6.45, 7) is 18.3. The SMILES string of the molecule is Cc1ccc2sc(C(C)(C)C)nc2c1-c1n(-c2c(C(C)C)cc(-c3ccccc3)cc2C(C)C)c2ccccc2[n+]1C. The van der Waals surface area contributed by atoms with Crippen LogP contribution in [-0.2, 0) is 12.5 Å². The largest absolute Gasteiger partial charge is 0.297 e. The Morgan fingerprint density at radius 2 is 1.40 bits per heavy atom. The molecule has 0 saturated carbocycles. The van der Waals surface area contributed by atoms with Crippen molar-refractivity contribution in [2.24, 2.45) is 7.05 Å². The van der Waals surface area contributed by atoms with E-state index in [1.54, 1.807) is 0 Å². The van der Waals surface area contributed by atoms with Crippen molar-refractivity contribution in [1.82, 2.24) is 9.55 Å². The second kappa shape index (κ2) is 10.5. The Morgan fingerprint density at radius 1 is 0.786 bits per heavy atom. The van der Waals surface area contributed by atoms with Crippen LogP contribution in [0, 0.1) is 6.92 Å². The fourth-order valence-electron chi connectivity index (χ4n) is 6.13. The zero-order chi connectivity index (χ0) is 29.9. The molecule has 0 atom stereocenters. The summed E-state index contributed by atoms with van der Waals surface area (Å²) in [5, 5.41) is 1.17. The molecule has 6 rings (SSSR count). The average Bonchev–Trinajstić information content (AvgIpc) is 3.52. The van der Waals surface area contributed by atoms with Crippen molar-refractivity contribution < 1.29 is 4.57 Å². The van der Waals surface area contributed by atoms with Crippen LogP contribution in [-0.4, -0.2) is 9.55 Å². The number of rotatable bonds is 5. The third-order valence-electron chi connectivity index (χ3n) is 8.39. The molecule has 0 aliphatic heterocycles. The van der Waals surface area contributed by atoms with Gasteiger partial charge in [0.2, 0.25) is 0 Å². The molecule has 42 heavy (non-hydrogen) atoms. The number of para-hydroxylation sites is 2. The van der Waals surface area contributed by atoms with E-state index in [-0.39, 0.29) is 5.41 Å². The first-order valence-electron chi connectivity index (χ1n) is 15.1. The highest BCUT2D eigenvalue weighted by atomic mass is 32.1. The molecule has 2 heterocycles. The second-order valence-corrected chi connectivity index (χ2v) is 14.3. The summed E-state index contributed by atoms with van der Waals surface area (Å²) in [6.07, 6.45) is 0. The summed E-state index contributed by atoms with van der Waals surface area (Å²) in [5.41, 5.74) is 12.5. The molecule has 0 aliphatic rings. The first-order chi connectivity index (χ1) is 20.0. The minimum Gasteiger partial charge on any atom is -0.240 e. The third-order valence-corrected chi connectivity index (χ3v) is 9.84. The summed E-state index contributed by atoms with van der Waals surface area (Å²) >= 11 is 1.82. The molecule has 4 aromatic carbocycles. The van der Waals surface area contributed by atoms with Gasteiger partial charge in [0.15, 0.2) is 11.0 Å². The zero-order valence-corrected chi connectivity index (χ0v) is 27.2. The van der Waals surface area contributed by atoms with Gasteiger partial charge in [0.05, 0.1) is 27.8 Å². The Balaban J connectivity index is 1.78. The molecule has 0 bridgehead atoms. The molecule has 6 aromatic rings. The van der Waals surface area contributed by atoms with E-state index in [1.165, 1.54) is 65.6 Å². The molecular weight excluding hydrogens is 531 g/mol. The van der Waals surface area contributed by atoms with Gasteiger partial charge in [-0.05, 0) is 65.8 Å². The van der Waals surface area contributed by atoms with Crippen molar-refractivity contribution in [2.45, 2.75) is 72.6 Å². The number of aryl methyl sites for hydroxylation is 2. The molecule has 0 saturated heterocycles. The van der Waals surface area contributed by atoms with Crippen molar-refractivity contribution in [3.63, 3.8) is 0 Å². The highest BCUT2D eigenvalue weighted by molar-refractivity contribution is 7.18. The standard InChI is InChI=1S/C38H42N3S/c1-23(2)28-21-27(26-15-11-10-12-16-26)22-29(24(3)4)35(28)41-31-18-14-13-17-30(31)40(9)36(41)33-25(5)19-20-32-34(33)39-37(42-32)38(6,7)8/h10-24H,1-9H3/q+1. The number of nitrogens with zero attached hydrogens (tertiary/aromatic N) is 3. The van der Waals surface area contributed by atoms with Crippen molar-refractivity contribution in [3.8, 4) is 28.2 Å². The van der Waals surface area contributed by atoms with Crippen LogP contribution in [0.4, 0.5) is 0 Å². The normalized spacial score (nSPS) is 12.4. The van der Waals surface area contributed by atoms with Crippen LogP contribution in [0.25, 0.3) is 49.5 Å². The highest BCUT2D eigenvalue weighted by Crippen LogP contribution is 2.42. The van der Waals surface area contributed by atoms with Gasteiger partial charge in [0, 0.05) is 16.5 Å². The topological polar surface area (TPSA) is 21.7 Å². The highest BCUT2D eigenvalue weighted by Gasteiger charge is 2.34. The van der Waals surface area contributed by atoms with E-state index >= 15 is 0 Å². The van der Waals surface area contributed by atoms with Crippen molar-refractivity contribution in [1.29, 1.82) is 0 Å². The van der Waals surface area contributed by atoms with E-state index in [2.05, 4.69) is 150 Å². The molecule has 2 aromatic heterocycles. The predicted octanol–water partition coefficient (Wildman–Crippen LogP) is 10.3. The fraction of sp³-hybridized carbons (Fsp3) is 0.316. The molecule has 214 valence electrons. The van der Waals surface area contributed by atoms with Gasteiger partial charge in [-0.15, -0.1) is 11.3 Å². The quantitative estimate of drug-likeness (QED) is 0.188. The molecule has 0 unspecified atom stereocenters. The minimum atomic E-state index is -0.00729. The van der Waals surface area contributed by atoms with Crippen molar-refractivity contribution in [2.75, 3.05) is 0 Å². The van der Waals surface area contributed by atoms with E-state index in [0.29, 0.717) is 11.8 Å². The lowest BCUT2D eigenvalue weighted by Gasteiger charge is -2.21. The van der Waals surface area contributed by atoms with Crippen LogP contribution in [0.2, 0.25) is 0 Å². The summed E-state index contributed by atoms with van der Waals surface area (Å²) in [5.74, 6) is 1.86. The molecule has 3 nitrogen and oxygen atoms in total. The van der Waals surface area contributed by atoms with Crippen LogP contribution in [0.15, 0.2) is 78.9 Å². The second-order valence-electron chi connectivity index (χ2n) is 13.3. The minimum absolute atomic E-state index is 0.00729. The van der Waals surface area contributed by atoms with E-state index in [1.807, 2.05) is 11.3 Å². The van der Waals surface area contributed by atoms with Gasteiger partial charge in [-0.25, -0.2) is 9.55 Å².